The maximum atomic E-state index is 12.1. The first-order valence-electron chi connectivity index (χ1n) is 7.60. The molecule has 0 aromatic heterocycles. The zero-order chi connectivity index (χ0) is 16.8. The first-order chi connectivity index (χ1) is 11.0. The first kappa shape index (κ1) is 17.5. The van der Waals surface area contributed by atoms with Gasteiger partial charge in [-0.3, -0.25) is 0 Å². The fraction of sp³-hybridized carbons (Fsp3) is 0.316. The Kier molecular flexibility index (Phi) is 6.20. The molecule has 0 spiro atoms. The molecule has 0 saturated heterocycles. The lowest BCUT2D eigenvalue weighted by atomic mass is 10.1. The van der Waals surface area contributed by atoms with Gasteiger partial charge in [0.15, 0.2) is 0 Å². The highest BCUT2D eigenvalue weighted by Crippen LogP contribution is 2.26. The maximum Gasteiger partial charge on any atom is 0.343 e. The number of benzene rings is 2. The van der Waals surface area contributed by atoms with Gasteiger partial charge >= 0.3 is 5.97 Å². The molecular weight excluding hydrogens is 312 g/mol. The zero-order valence-electron chi connectivity index (χ0n) is 13.6. The van der Waals surface area contributed by atoms with Crippen LogP contribution in [-0.2, 0) is 11.3 Å². The Morgan fingerprint density at radius 2 is 1.83 bits per heavy atom. The summed E-state index contributed by atoms with van der Waals surface area (Å²) in [7, 11) is 0. The van der Waals surface area contributed by atoms with Crippen molar-refractivity contribution >= 4 is 17.6 Å². The van der Waals surface area contributed by atoms with Crippen molar-refractivity contribution in [2.45, 2.75) is 27.4 Å². The number of hydrogen-bond donors (Lipinski definition) is 0. The summed E-state index contributed by atoms with van der Waals surface area (Å²) in [6.07, 6.45) is 0. The summed E-state index contributed by atoms with van der Waals surface area (Å²) in [4.78, 5) is 12.1. The number of carbonyl (C=O) groups is 1. The summed E-state index contributed by atoms with van der Waals surface area (Å²) in [5.41, 5.74) is 2.53. The van der Waals surface area contributed by atoms with E-state index in [0.717, 1.165) is 11.1 Å². The number of rotatable bonds is 6. The van der Waals surface area contributed by atoms with Gasteiger partial charge in [0.1, 0.15) is 5.75 Å². The molecule has 2 aromatic rings. The quantitative estimate of drug-likeness (QED) is 0.549. The van der Waals surface area contributed by atoms with Gasteiger partial charge in [-0.25, -0.2) is 4.79 Å². The van der Waals surface area contributed by atoms with Crippen LogP contribution in [0.3, 0.4) is 0 Å². The van der Waals surface area contributed by atoms with Gasteiger partial charge in [0.25, 0.3) is 0 Å². The molecule has 0 radical (unpaired) electrons. The average Bonchev–Trinajstić information content (AvgIpc) is 2.50. The van der Waals surface area contributed by atoms with Gasteiger partial charge in [0, 0.05) is 6.61 Å². The number of aryl methyl sites for hydroxylation is 1. The first-order valence-corrected chi connectivity index (χ1v) is 7.98. The van der Waals surface area contributed by atoms with Crippen LogP contribution >= 0.6 is 11.6 Å². The van der Waals surface area contributed by atoms with Gasteiger partial charge < -0.3 is 9.47 Å². The largest absolute Gasteiger partial charge is 0.421 e. The van der Waals surface area contributed by atoms with Crippen molar-refractivity contribution in [1.29, 1.82) is 0 Å². The molecular formula is C19H21ClO3. The highest BCUT2D eigenvalue weighted by Gasteiger charge is 2.11. The lowest BCUT2D eigenvalue weighted by Crippen LogP contribution is -2.09. The van der Waals surface area contributed by atoms with Gasteiger partial charge in [0.2, 0.25) is 0 Å². The Labute approximate surface area is 142 Å². The van der Waals surface area contributed by atoms with E-state index < -0.39 is 5.97 Å². The summed E-state index contributed by atoms with van der Waals surface area (Å²) >= 11 is 6.19. The van der Waals surface area contributed by atoms with E-state index in [1.165, 1.54) is 0 Å². The minimum absolute atomic E-state index is 0.352. The molecule has 0 bridgehead atoms. The SMILES string of the molecule is Cc1ccc(C(=O)Oc2ccc(COCC(C)C)cc2Cl)cc1. The van der Waals surface area contributed by atoms with E-state index in [9.17, 15) is 4.79 Å². The van der Waals surface area contributed by atoms with Crippen molar-refractivity contribution in [2.75, 3.05) is 6.61 Å². The van der Waals surface area contributed by atoms with E-state index in [1.807, 2.05) is 25.1 Å². The molecule has 0 unspecified atom stereocenters. The van der Waals surface area contributed by atoms with E-state index in [-0.39, 0.29) is 0 Å². The lowest BCUT2D eigenvalue weighted by molar-refractivity contribution is 0.0734. The molecule has 4 heteroatoms. The minimum Gasteiger partial charge on any atom is -0.421 e. The molecule has 0 aliphatic carbocycles. The Balaban J connectivity index is 2.00. The Hall–Kier alpha value is -1.84. The van der Waals surface area contributed by atoms with Crippen LogP contribution in [0.5, 0.6) is 5.75 Å². The number of esters is 1. The number of hydrogen-bond acceptors (Lipinski definition) is 3. The van der Waals surface area contributed by atoms with Gasteiger partial charge in [-0.1, -0.05) is 49.2 Å². The lowest BCUT2D eigenvalue weighted by Gasteiger charge is -2.10. The van der Waals surface area contributed by atoms with Crippen LogP contribution < -0.4 is 4.74 Å². The monoisotopic (exact) mass is 332 g/mol. The summed E-state index contributed by atoms with van der Waals surface area (Å²) in [6.45, 7) is 7.35. The number of carbonyl (C=O) groups excluding carboxylic acids is 1. The second-order valence-corrected chi connectivity index (χ2v) is 6.34. The van der Waals surface area contributed by atoms with E-state index in [0.29, 0.717) is 35.5 Å². The normalized spacial score (nSPS) is 10.8. The van der Waals surface area contributed by atoms with Crippen LogP contribution in [0.1, 0.15) is 35.3 Å². The van der Waals surface area contributed by atoms with Crippen molar-refractivity contribution < 1.29 is 14.3 Å². The number of ether oxygens (including phenoxy) is 2. The molecule has 23 heavy (non-hydrogen) atoms. The predicted octanol–water partition coefficient (Wildman–Crippen LogP) is 5.04. The van der Waals surface area contributed by atoms with Gasteiger partial charge in [-0.15, -0.1) is 0 Å². The fourth-order valence-corrected chi connectivity index (χ4v) is 2.22. The molecule has 122 valence electrons. The Morgan fingerprint density at radius 3 is 2.43 bits per heavy atom. The summed E-state index contributed by atoms with van der Waals surface area (Å²) in [5, 5.41) is 0.399. The van der Waals surface area contributed by atoms with E-state index in [1.54, 1.807) is 24.3 Å². The molecule has 0 amide bonds. The second-order valence-electron chi connectivity index (χ2n) is 5.93. The highest BCUT2D eigenvalue weighted by atomic mass is 35.5. The fourth-order valence-electron chi connectivity index (χ4n) is 1.98. The third-order valence-electron chi connectivity index (χ3n) is 3.21. The maximum absolute atomic E-state index is 12.1. The predicted molar refractivity (Wildman–Crippen MR) is 92.1 cm³/mol. The molecule has 0 aliphatic heterocycles. The molecule has 3 nitrogen and oxygen atoms in total. The summed E-state index contributed by atoms with van der Waals surface area (Å²) < 4.78 is 10.9. The molecule has 0 aliphatic rings. The smallest absolute Gasteiger partial charge is 0.343 e. The standard InChI is InChI=1S/C19H21ClO3/c1-13(2)11-22-12-15-6-9-18(17(20)10-15)23-19(21)16-7-4-14(3)5-8-16/h4-10,13H,11-12H2,1-3H3. The third kappa shape index (κ3) is 5.38. The Bertz CT molecular complexity index is 663. The molecule has 0 saturated carbocycles. The molecule has 0 atom stereocenters. The Morgan fingerprint density at radius 1 is 1.13 bits per heavy atom. The van der Waals surface area contributed by atoms with Gasteiger partial charge in [-0.2, -0.15) is 0 Å². The van der Waals surface area contributed by atoms with Crippen LogP contribution in [0.2, 0.25) is 5.02 Å². The van der Waals surface area contributed by atoms with Crippen LogP contribution in [0.15, 0.2) is 42.5 Å². The van der Waals surface area contributed by atoms with E-state index >= 15 is 0 Å². The molecule has 0 fully saturated rings. The van der Waals surface area contributed by atoms with Crippen LogP contribution in [-0.4, -0.2) is 12.6 Å². The van der Waals surface area contributed by atoms with E-state index in [2.05, 4.69) is 13.8 Å². The van der Waals surface area contributed by atoms with Crippen molar-refractivity contribution in [3.63, 3.8) is 0 Å². The van der Waals surface area contributed by atoms with Gasteiger partial charge in [-0.05, 0) is 42.7 Å². The zero-order valence-corrected chi connectivity index (χ0v) is 14.4. The van der Waals surface area contributed by atoms with E-state index in [4.69, 9.17) is 21.1 Å². The van der Waals surface area contributed by atoms with Crippen molar-refractivity contribution in [2.24, 2.45) is 5.92 Å². The molecule has 0 heterocycles. The van der Waals surface area contributed by atoms with Crippen molar-refractivity contribution in [1.82, 2.24) is 0 Å². The topological polar surface area (TPSA) is 35.5 Å². The van der Waals surface area contributed by atoms with Crippen LogP contribution in [0.25, 0.3) is 0 Å². The summed E-state index contributed by atoms with van der Waals surface area (Å²) in [5.74, 6) is 0.417. The molecule has 2 rings (SSSR count). The van der Waals surface area contributed by atoms with Crippen molar-refractivity contribution in [3.05, 3.63) is 64.2 Å². The second kappa shape index (κ2) is 8.14. The summed E-state index contributed by atoms with van der Waals surface area (Å²) in [6, 6.07) is 12.5. The number of halogens is 1. The minimum atomic E-state index is -0.421. The van der Waals surface area contributed by atoms with Crippen LogP contribution in [0.4, 0.5) is 0 Å². The highest BCUT2D eigenvalue weighted by molar-refractivity contribution is 6.32. The van der Waals surface area contributed by atoms with Gasteiger partial charge in [0.05, 0.1) is 17.2 Å². The van der Waals surface area contributed by atoms with Crippen LogP contribution in [0, 0.1) is 12.8 Å². The average molecular weight is 333 g/mol. The molecule has 0 N–H and O–H groups in total. The third-order valence-corrected chi connectivity index (χ3v) is 3.50. The van der Waals surface area contributed by atoms with Crippen molar-refractivity contribution in [3.8, 4) is 5.75 Å². The molecule has 2 aromatic carbocycles.